The Morgan fingerprint density at radius 1 is 0.830 bits per heavy atom. The Kier molecular flexibility index (Phi) is 11.3. The molecule has 0 saturated heterocycles. The zero-order chi connectivity index (χ0) is 33.2. The predicted octanol–water partition coefficient (Wildman–Crippen LogP) is 7.38. The molecule has 0 spiro atoms. The molecule has 2 N–H and O–H groups in total. The monoisotopic (exact) mass is 669 g/mol. The van der Waals surface area contributed by atoms with Gasteiger partial charge in [0.25, 0.3) is 11.8 Å². The lowest BCUT2D eigenvalue weighted by Gasteiger charge is -2.21. The van der Waals surface area contributed by atoms with E-state index in [1.807, 2.05) is 54.6 Å². The topological polar surface area (TPSA) is 98.2 Å². The number of nitrogens with zero attached hydrogens (tertiary/aromatic N) is 1. The molecule has 0 unspecified atom stereocenters. The highest BCUT2D eigenvalue weighted by molar-refractivity contribution is 6.35. The minimum absolute atomic E-state index is 0.235. The maximum atomic E-state index is 13.3. The minimum atomic E-state index is -0.947. The van der Waals surface area contributed by atoms with Crippen molar-refractivity contribution in [2.75, 3.05) is 7.11 Å². The number of hydrogen-bond acceptors (Lipinski definition) is 6. The van der Waals surface area contributed by atoms with E-state index in [4.69, 9.17) is 37.4 Å². The van der Waals surface area contributed by atoms with Crippen molar-refractivity contribution in [1.29, 1.82) is 0 Å². The second kappa shape index (κ2) is 16.0. The Balaban J connectivity index is 1.23. The molecule has 10 heteroatoms. The quantitative estimate of drug-likeness (QED) is 0.101. The van der Waals surface area contributed by atoms with Crippen LogP contribution in [-0.4, -0.2) is 37.3 Å². The number of carbonyl (C=O) groups excluding carboxylic acids is 2. The van der Waals surface area contributed by atoms with Crippen LogP contribution in [0.25, 0.3) is 10.8 Å². The maximum Gasteiger partial charge on any atom is 0.262 e. The van der Waals surface area contributed by atoms with Crippen LogP contribution in [0.5, 0.6) is 17.2 Å². The third-order valence-electron chi connectivity index (χ3n) is 7.32. The summed E-state index contributed by atoms with van der Waals surface area (Å²) in [5.41, 5.74) is 5.13. The number of hydrogen-bond donors (Lipinski definition) is 2. The van der Waals surface area contributed by atoms with Gasteiger partial charge >= 0.3 is 0 Å². The van der Waals surface area contributed by atoms with E-state index < -0.39 is 24.0 Å². The van der Waals surface area contributed by atoms with Crippen LogP contribution < -0.4 is 25.0 Å². The van der Waals surface area contributed by atoms with E-state index in [2.05, 4.69) is 34.0 Å². The fourth-order valence-electron chi connectivity index (χ4n) is 4.87. The molecule has 240 valence electrons. The normalized spacial score (nSPS) is 12.3. The van der Waals surface area contributed by atoms with Crippen LogP contribution in [0.3, 0.4) is 0 Å². The Labute approximate surface area is 283 Å². The number of benzene rings is 5. The Morgan fingerprint density at radius 2 is 1.57 bits per heavy atom. The molecule has 0 aliphatic heterocycles. The Bertz CT molecular complexity index is 1880. The van der Waals surface area contributed by atoms with E-state index >= 15 is 0 Å². The van der Waals surface area contributed by atoms with Crippen LogP contribution in [0, 0.1) is 0 Å². The van der Waals surface area contributed by atoms with Crippen molar-refractivity contribution in [2.24, 2.45) is 5.10 Å². The smallest absolute Gasteiger partial charge is 0.262 e. The Hall–Kier alpha value is -5.05. The van der Waals surface area contributed by atoms with E-state index in [9.17, 15) is 9.59 Å². The minimum Gasteiger partial charge on any atom is -0.493 e. The number of methoxy groups -OCH3 is 1. The third kappa shape index (κ3) is 9.03. The molecular weight excluding hydrogens is 637 g/mol. The van der Waals surface area contributed by atoms with Crippen LogP contribution >= 0.6 is 23.2 Å². The van der Waals surface area contributed by atoms with Gasteiger partial charge in [-0.05, 0) is 70.8 Å². The molecule has 0 aromatic heterocycles. The van der Waals surface area contributed by atoms with E-state index in [1.165, 1.54) is 12.3 Å². The molecule has 5 aromatic carbocycles. The molecule has 5 rings (SSSR count). The molecule has 47 heavy (non-hydrogen) atoms. The number of fused-ring (bicyclic) bond motifs is 1. The van der Waals surface area contributed by atoms with Crippen molar-refractivity contribution >= 4 is 52.0 Å². The summed E-state index contributed by atoms with van der Waals surface area (Å²) in [7, 11) is 1.56. The lowest BCUT2D eigenvalue weighted by molar-refractivity contribution is -0.132. The number of halogens is 2. The van der Waals surface area contributed by atoms with Gasteiger partial charge in [0, 0.05) is 11.4 Å². The van der Waals surface area contributed by atoms with E-state index in [1.54, 1.807) is 44.4 Å². The second-order valence-electron chi connectivity index (χ2n) is 10.7. The van der Waals surface area contributed by atoms with E-state index in [-0.39, 0.29) is 11.4 Å². The van der Waals surface area contributed by atoms with Crippen molar-refractivity contribution in [3.8, 4) is 17.2 Å². The van der Waals surface area contributed by atoms with Crippen molar-refractivity contribution in [3.63, 3.8) is 0 Å². The van der Waals surface area contributed by atoms with Crippen molar-refractivity contribution in [2.45, 2.75) is 32.1 Å². The average Bonchev–Trinajstić information content (AvgIpc) is 3.08. The third-order valence-corrected chi connectivity index (χ3v) is 7.85. The van der Waals surface area contributed by atoms with Gasteiger partial charge in [0.1, 0.15) is 18.4 Å². The van der Waals surface area contributed by atoms with Crippen LogP contribution in [0.1, 0.15) is 23.6 Å². The van der Waals surface area contributed by atoms with Crippen LogP contribution in [-0.2, 0) is 22.6 Å². The summed E-state index contributed by atoms with van der Waals surface area (Å²) >= 11 is 12.2. The molecule has 2 amide bonds. The number of rotatable bonds is 13. The largest absolute Gasteiger partial charge is 0.493 e. The summed E-state index contributed by atoms with van der Waals surface area (Å²) < 4.78 is 17.4. The molecule has 0 aliphatic rings. The molecule has 0 saturated carbocycles. The molecule has 2 atom stereocenters. The van der Waals surface area contributed by atoms with E-state index in [0.717, 1.165) is 21.9 Å². The average molecular weight is 671 g/mol. The number of carbonyl (C=O) groups is 2. The lowest BCUT2D eigenvalue weighted by Crippen LogP contribution is -2.50. The van der Waals surface area contributed by atoms with E-state index in [0.29, 0.717) is 34.4 Å². The number of nitrogens with one attached hydrogen (secondary N) is 2. The number of ether oxygens (including phenoxy) is 3. The lowest BCUT2D eigenvalue weighted by atomic mass is 10.1. The molecule has 0 radical (unpaired) electrons. The van der Waals surface area contributed by atoms with Gasteiger partial charge in [0.2, 0.25) is 0 Å². The highest BCUT2D eigenvalue weighted by Crippen LogP contribution is 2.30. The fourth-order valence-corrected chi connectivity index (χ4v) is 5.32. The van der Waals surface area contributed by atoms with Gasteiger partial charge in [0.15, 0.2) is 17.6 Å². The molecule has 0 aliphatic carbocycles. The molecule has 0 heterocycles. The Morgan fingerprint density at radius 3 is 2.36 bits per heavy atom. The molecular formula is C37H33Cl2N3O5. The number of amides is 2. The second-order valence-corrected chi connectivity index (χ2v) is 11.5. The standard InChI is InChI=1S/C37H33Cl2N3O5/c1-24(47-33-18-16-29(38)21-31(33)39)36(43)41-32(19-25-9-4-3-5-10-25)37(44)42-40-22-26-15-17-34(35(20-26)45-2)46-23-28-13-8-12-27-11-6-7-14-30(27)28/h3-18,20-22,24,32H,19,23H2,1-2H3,(H,41,43)(H,42,44)/b40-22-/t24-,32+/m0/s1. The summed E-state index contributed by atoms with van der Waals surface area (Å²) in [5.74, 6) is 0.387. The number of hydrazone groups is 1. The summed E-state index contributed by atoms with van der Waals surface area (Å²) in [6.45, 7) is 1.94. The first kappa shape index (κ1) is 33.3. The molecule has 5 aromatic rings. The predicted molar refractivity (Wildman–Crippen MR) is 186 cm³/mol. The van der Waals surface area contributed by atoms with Crippen LogP contribution in [0.4, 0.5) is 0 Å². The first-order chi connectivity index (χ1) is 22.8. The van der Waals surface area contributed by atoms with Crippen LogP contribution in [0.2, 0.25) is 10.0 Å². The summed E-state index contributed by atoms with van der Waals surface area (Å²) in [4.78, 5) is 26.4. The van der Waals surface area contributed by atoms with Gasteiger partial charge in [-0.3, -0.25) is 9.59 Å². The van der Waals surface area contributed by atoms with Crippen LogP contribution in [0.15, 0.2) is 114 Å². The van der Waals surface area contributed by atoms with Gasteiger partial charge in [-0.15, -0.1) is 0 Å². The highest BCUT2D eigenvalue weighted by Gasteiger charge is 2.25. The summed E-state index contributed by atoms with van der Waals surface area (Å²) in [6.07, 6.45) is 0.779. The van der Waals surface area contributed by atoms with Gasteiger partial charge in [-0.1, -0.05) is 96.0 Å². The molecule has 0 bridgehead atoms. The molecule has 8 nitrogen and oxygen atoms in total. The van der Waals surface area contributed by atoms with Crippen molar-refractivity contribution in [1.82, 2.24) is 10.7 Å². The summed E-state index contributed by atoms with van der Waals surface area (Å²) in [5, 5.41) is 9.90. The zero-order valence-electron chi connectivity index (χ0n) is 25.8. The van der Waals surface area contributed by atoms with Crippen molar-refractivity contribution < 1.29 is 23.8 Å². The van der Waals surface area contributed by atoms with Gasteiger partial charge < -0.3 is 19.5 Å². The zero-order valence-corrected chi connectivity index (χ0v) is 27.3. The van der Waals surface area contributed by atoms with Gasteiger partial charge in [-0.25, -0.2) is 5.43 Å². The summed E-state index contributed by atoms with van der Waals surface area (Å²) in [6, 6.07) is 32.8. The van der Waals surface area contributed by atoms with Gasteiger partial charge in [0.05, 0.1) is 18.3 Å². The molecule has 0 fully saturated rings. The van der Waals surface area contributed by atoms with Gasteiger partial charge in [-0.2, -0.15) is 5.10 Å². The van der Waals surface area contributed by atoms with Crippen molar-refractivity contribution in [3.05, 3.63) is 136 Å². The maximum absolute atomic E-state index is 13.3. The first-order valence-electron chi connectivity index (χ1n) is 14.9. The SMILES string of the molecule is COc1cc(/C=N\NC(=O)[C@@H](Cc2ccccc2)NC(=O)[C@H](C)Oc2ccc(Cl)cc2Cl)ccc1OCc1cccc2ccccc12. The highest BCUT2D eigenvalue weighted by atomic mass is 35.5. The fraction of sp³-hybridized carbons (Fsp3) is 0.162. The first-order valence-corrected chi connectivity index (χ1v) is 15.6.